The predicted octanol–water partition coefficient (Wildman–Crippen LogP) is 1.27. The van der Waals surface area contributed by atoms with Gasteiger partial charge in [0.15, 0.2) is 0 Å². The van der Waals surface area contributed by atoms with Crippen molar-refractivity contribution in [3.05, 3.63) is 0 Å². The van der Waals surface area contributed by atoms with Crippen LogP contribution in [-0.4, -0.2) is 45.3 Å². The summed E-state index contributed by atoms with van der Waals surface area (Å²) < 4.78 is 5.14. The number of rotatable bonds is 3. The number of ether oxygens (including phenoxy) is 1. The first-order valence-electron chi connectivity index (χ1n) is 5.53. The van der Waals surface area contributed by atoms with E-state index in [-0.39, 0.29) is 11.9 Å². The molecule has 1 amide bonds. The topological polar surface area (TPSA) is 46.6 Å². The quantitative estimate of drug-likeness (QED) is 0.685. The number of hydrogen-bond acceptors (Lipinski definition) is 3. The van der Waals surface area contributed by atoms with Gasteiger partial charge in [0.1, 0.15) is 5.78 Å². The SMILES string of the molecule is C[SiH](C)CCOC(=O)N1CCC(=O)CC1. The van der Waals surface area contributed by atoms with Crippen LogP contribution in [-0.2, 0) is 9.53 Å². The van der Waals surface area contributed by atoms with Gasteiger partial charge in [0.05, 0.1) is 6.61 Å². The highest BCUT2D eigenvalue weighted by molar-refractivity contribution is 6.55. The third-order valence-corrected chi connectivity index (χ3v) is 3.89. The minimum absolute atomic E-state index is 0.244. The Labute approximate surface area is 92.2 Å². The summed E-state index contributed by atoms with van der Waals surface area (Å²) in [6.45, 7) is 6.04. The number of ketones is 1. The van der Waals surface area contributed by atoms with Gasteiger partial charge in [0, 0.05) is 34.7 Å². The summed E-state index contributed by atoms with van der Waals surface area (Å²) in [5.74, 6) is 0.244. The number of amides is 1. The molecule has 15 heavy (non-hydrogen) atoms. The van der Waals surface area contributed by atoms with Gasteiger partial charge in [-0.05, 0) is 6.04 Å². The fourth-order valence-electron chi connectivity index (χ4n) is 1.41. The molecule has 1 aliphatic heterocycles. The molecule has 0 radical (unpaired) electrons. The Morgan fingerprint density at radius 1 is 1.40 bits per heavy atom. The van der Waals surface area contributed by atoms with E-state index in [1.165, 1.54) is 0 Å². The zero-order valence-corrected chi connectivity index (χ0v) is 10.6. The molecular weight excluding hydrogens is 210 g/mol. The van der Waals surface area contributed by atoms with Crippen molar-refractivity contribution in [3.8, 4) is 0 Å². The largest absolute Gasteiger partial charge is 0.450 e. The number of piperidine rings is 1. The first kappa shape index (κ1) is 12.2. The average Bonchev–Trinajstić information content (AvgIpc) is 2.18. The van der Waals surface area contributed by atoms with Crippen molar-refractivity contribution in [2.24, 2.45) is 0 Å². The second kappa shape index (κ2) is 5.90. The number of carbonyl (C=O) groups excluding carboxylic acids is 2. The summed E-state index contributed by atoms with van der Waals surface area (Å²) in [6, 6.07) is 1.03. The maximum absolute atomic E-state index is 11.5. The molecule has 1 aliphatic rings. The van der Waals surface area contributed by atoms with Gasteiger partial charge in [0.2, 0.25) is 0 Å². The number of nitrogens with zero attached hydrogens (tertiary/aromatic N) is 1. The predicted molar refractivity (Wildman–Crippen MR) is 60.8 cm³/mol. The maximum Gasteiger partial charge on any atom is 0.409 e. The molecule has 0 N–H and O–H groups in total. The summed E-state index contributed by atoms with van der Waals surface area (Å²) in [6.07, 6.45) is 0.708. The Morgan fingerprint density at radius 3 is 2.53 bits per heavy atom. The van der Waals surface area contributed by atoms with Crippen molar-refractivity contribution in [3.63, 3.8) is 0 Å². The van der Waals surface area contributed by atoms with Crippen LogP contribution in [0.4, 0.5) is 4.79 Å². The third kappa shape index (κ3) is 4.46. The average molecular weight is 229 g/mol. The van der Waals surface area contributed by atoms with Crippen molar-refractivity contribution in [2.75, 3.05) is 19.7 Å². The van der Waals surface area contributed by atoms with Gasteiger partial charge in [-0.1, -0.05) is 13.1 Å². The van der Waals surface area contributed by atoms with Gasteiger partial charge in [-0.25, -0.2) is 4.79 Å². The first-order valence-corrected chi connectivity index (χ1v) is 8.65. The van der Waals surface area contributed by atoms with Crippen LogP contribution in [0.5, 0.6) is 0 Å². The molecule has 0 aromatic carbocycles. The summed E-state index contributed by atoms with van der Waals surface area (Å²) in [5, 5.41) is 0. The normalized spacial score (nSPS) is 17.0. The molecule has 1 fully saturated rings. The summed E-state index contributed by atoms with van der Waals surface area (Å²) in [4.78, 5) is 24.1. The highest BCUT2D eigenvalue weighted by atomic mass is 28.3. The highest BCUT2D eigenvalue weighted by Crippen LogP contribution is 2.07. The Kier molecular flexibility index (Phi) is 4.81. The third-order valence-electron chi connectivity index (χ3n) is 2.50. The van der Waals surface area contributed by atoms with Crippen LogP contribution < -0.4 is 0 Å². The molecule has 0 aliphatic carbocycles. The van der Waals surface area contributed by atoms with Crippen molar-refractivity contribution in [1.82, 2.24) is 4.90 Å². The van der Waals surface area contributed by atoms with Crippen LogP contribution in [0.3, 0.4) is 0 Å². The summed E-state index contributed by atoms with van der Waals surface area (Å²) >= 11 is 0. The zero-order chi connectivity index (χ0) is 11.3. The van der Waals surface area contributed by atoms with E-state index in [1.54, 1.807) is 4.90 Å². The molecule has 1 heterocycles. The van der Waals surface area contributed by atoms with E-state index in [1.807, 2.05) is 0 Å². The molecule has 0 atom stereocenters. The van der Waals surface area contributed by atoms with Crippen LogP contribution in [0, 0.1) is 0 Å². The highest BCUT2D eigenvalue weighted by Gasteiger charge is 2.21. The zero-order valence-electron chi connectivity index (χ0n) is 9.49. The lowest BCUT2D eigenvalue weighted by Crippen LogP contribution is -2.39. The molecule has 86 valence electrons. The first-order chi connectivity index (χ1) is 7.09. The van der Waals surface area contributed by atoms with Gasteiger partial charge in [-0.2, -0.15) is 0 Å². The standard InChI is InChI=1S/C10H19NO3Si/c1-15(2)8-7-14-10(13)11-5-3-9(12)4-6-11/h15H,3-8H2,1-2H3. The van der Waals surface area contributed by atoms with Crippen LogP contribution >= 0.6 is 0 Å². The molecule has 0 spiro atoms. The smallest absolute Gasteiger partial charge is 0.409 e. The van der Waals surface area contributed by atoms with E-state index >= 15 is 0 Å². The van der Waals surface area contributed by atoms with Crippen molar-refractivity contribution in [1.29, 1.82) is 0 Å². The molecule has 1 rings (SSSR count). The number of Topliss-reactive ketones (excluding diaryl/α,β-unsaturated/α-hetero) is 1. The molecule has 0 aromatic rings. The second-order valence-corrected chi connectivity index (χ2v) is 7.69. The summed E-state index contributed by atoms with van der Waals surface area (Å²) in [7, 11) is -0.632. The van der Waals surface area contributed by atoms with E-state index in [0.717, 1.165) is 6.04 Å². The minimum Gasteiger partial charge on any atom is -0.450 e. The Bertz CT molecular complexity index is 233. The van der Waals surface area contributed by atoms with E-state index in [4.69, 9.17) is 4.74 Å². The van der Waals surface area contributed by atoms with Gasteiger partial charge < -0.3 is 9.64 Å². The van der Waals surface area contributed by atoms with Crippen LogP contribution in [0.15, 0.2) is 0 Å². The van der Waals surface area contributed by atoms with Gasteiger partial charge in [0.25, 0.3) is 0 Å². The Balaban J connectivity index is 2.19. The molecule has 1 saturated heterocycles. The second-order valence-electron chi connectivity index (χ2n) is 4.32. The summed E-state index contributed by atoms with van der Waals surface area (Å²) in [5.41, 5.74) is 0. The number of carbonyl (C=O) groups is 2. The van der Waals surface area contributed by atoms with Crippen molar-refractivity contribution < 1.29 is 14.3 Å². The van der Waals surface area contributed by atoms with Crippen LogP contribution in [0.25, 0.3) is 0 Å². The maximum atomic E-state index is 11.5. The minimum atomic E-state index is -0.632. The lowest BCUT2D eigenvalue weighted by atomic mass is 10.1. The van der Waals surface area contributed by atoms with Gasteiger partial charge >= 0.3 is 6.09 Å². The van der Waals surface area contributed by atoms with Crippen molar-refractivity contribution >= 4 is 20.7 Å². The van der Waals surface area contributed by atoms with Gasteiger partial charge in [-0.3, -0.25) is 4.79 Å². The molecule has 0 unspecified atom stereocenters. The Morgan fingerprint density at radius 2 is 2.00 bits per heavy atom. The van der Waals surface area contributed by atoms with E-state index in [9.17, 15) is 9.59 Å². The monoisotopic (exact) mass is 229 g/mol. The molecular formula is C10H19NO3Si. The van der Waals surface area contributed by atoms with Crippen LogP contribution in [0.2, 0.25) is 19.1 Å². The van der Waals surface area contributed by atoms with E-state index < -0.39 is 8.80 Å². The van der Waals surface area contributed by atoms with E-state index in [0.29, 0.717) is 32.5 Å². The fourth-order valence-corrected chi connectivity index (χ4v) is 2.00. The van der Waals surface area contributed by atoms with Crippen molar-refractivity contribution in [2.45, 2.75) is 32.0 Å². The number of hydrogen-bond donors (Lipinski definition) is 0. The Hall–Kier alpha value is -0.843. The van der Waals surface area contributed by atoms with Gasteiger partial charge in [-0.15, -0.1) is 0 Å². The number of likely N-dealkylation sites (tertiary alicyclic amines) is 1. The van der Waals surface area contributed by atoms with Crippen LogP contribution in [0.1, 0.15) is 12.8 Å². The lowest BCUT2D eigenvalue weighted by molar-refractivity contribution is -0.121. The molecule has 5 heteroatoms. The van der Waals surface area contributed by atoms with E-state index in [2.05, 4.69) is 13.1 Å². The fraction of sp³-hybridized carbons (Fsp3) is 0.800. The lowest BCUT2D eigenvalue weighted by Gasteiger charge is -2.25. The molecule has 0 bridgehead atoms. The molecule has 0 saturated carbocycles. The molecule has 0 aromatic heterocycles. The molecule has 4 nitrogen and oxygen atoms in total.